The number of hydrogen-bond donors (Lipinski definition) is 4. The van der Waals surface area contributed by atoms with Crippen LogP contribution in [0.4, 0.5) is 17.1 Å². The van der Waals surface area contributed by atoms with E-state index in [0.29, 0.717) is 5.56 Å². The molecule has 0 fully saturated rings. The topological polar surface area (TPSA) is 92.8 Å². The van der Waals surface area contributed by atoms with Crippen LogP contribution in [0.3, 0.4) is 0 Å². The van der Waals surface area contributed by atoms with Crippen LogP contribution in [-0.4, -0.2) is 17.1 Å². The molecule has 3 aromatic carbocycles. The van der Waals surface area contributed by atoms with Crippen molar-refractivity contribution >= 4 is 44.8 Å². The third kappa shape index (κ3) is 2.85. The Bertz CT molecular complexity index is 1610. The van der Waals surface area contributed by atoms with E-state index < -0.39 is 0 Å². The minimum Gasteiger partial charge on any atom is -0.871 e. The molecule has 1 unspecified atom stereocenters. The van der Waals surface area contributed by atoms with Gasteiger partial charge < -0.3 is 26.4 Å². The lowest BCUT2D eigenvalue weighted by Crippen LogP contribution is -2.99. The second-order valence-corrected chi connectivity index (χ2v) is 11.3. The first-order valence-electron chi connectivity index (χ1n) is 12.4. The Morgan fingerprint density at radius 3 is 2.33 bits per heavy atom. The Hall–Kier alpha value is -4.03. The van der Waals surface area contributed by atoms with Gasteiger partial charge in [-0.25, -0.2) is 0 Å². The smallest absolute Gasteiger partial charge is 0.193 e. The number of allylic oxidation sites excluding steroid dienone is 4. The van der Waals surface area contributed by atoms with E-state index >= 15 is 0 Å². The van der Waals surface area contributed by atoms with Gasteiger partial charge in [0, 0.05) is 53.0 Å². The number of nitrogens with one attached hydrogen (secondary N) is 3. The molecule has 0 saturated heterocycles. The summed E-state index contributed by atoms with van der Waals surface area (Å²) in [4.78, 5) is 13.6. The van der Waals surface area contributed by atoms with Gasteiger partial charge >= 0.3 is 0 Å². The van der Waals surface area contributed by atoms with Gasteiger partial charge in [-0.3, -0.25) is 4.79 Å². The number of benzene rings is 3. The van der Waals surface area contributed by atoms with Crippen molar-refractivity contribution in [1.29, 1.82) is 0 Å². The molecular weight excluding hydrogens is 448 g/mol. The summed E-state index contributed by atoms with van der Waals surface area (Å²) in [5.74, 6) is -0.358. The Morgan fingerprint density at radius 1 is 0.833 bits per heavy atom. The highest BCUT2D eigenvalue weighted by molar-refractivity contribution is 6.43. The predicted octanol–water partition coefficient (Wildman–Crippen LogP) is 3.86. The fourth-order valence-electron chi connectivity index (χ4n) is 6.27. The number of hydrogen-bond acceptors (Lipinski definition) is 5. The summed E-state index contributed by atoms with van der Waals surface area (Å²) in [6.45, 7) is 8.45. The lowest BCUT2D eigenvalue weighted by Gasteiger charge is -2.40. The van der Waals surface area contributed by atoms with Crippen LogP contribution in [0.2, 0.25) is 0 Å². The number of nitrogens with two attached hydrogens (primary N) is 1. The Morgan fingerprint density at radius 2 is 1.56 bits per heavy atom. The van der Waals surface area contributed by atoms with Crippen LogP contribution in [0.1, 0.15) is 50.4 Å². The second kappa shape index (κ2) is 6.80. The molecule has 1 atom stereocenters. The monoisotopic (exact) mass is 476 g/mol. The van der Waals surface area contributed by atoms with Crippen molar-refractivity contribution in [2.45, 2.75) is 45.1 Å². The van der Waals surface area contributed by atoms with Crippen molar-refractivity contribution in [3.63, 3.8) is 0 Å². The molecule has 5 N–H and O–H groups in total. The van der Waals surface area contributed by atoms with E-state index in [1.165, 1.54) is 0 Å². The van der Waals surface area contributed by atoms with Crippen LogP contribution in [0.25, 0.3) is 21.9 Å². The SMILES string of the molecule is CC1(C)Nc2cccc3c(C4=C([O-])/C(=C5/C=CC6[NH2+]C(C)(C)Nc7cccc5c76)C4=O)ccc(c23)N1. The van der Waals surface area contributed by atoms with Gasteiger partial charge in [0.1, 0.15) is 11.7 Å². The van der Waals surface area contributed by atoms with Crippen molar-refractivity contribution in [3.05, 3.63) is 88.7 Å². The van der Waals surface area contributed by atoms with Crippen LogP contribution < -0.4 is 26.4 Å². The third-order valence-corrected chi connectivity index (χ3v) is 7.63. The number of quaternary nitrogens is 1. The molecule has 2 aliphatic carbocycles. The van der Waals surface area contributed by atoms with Gasteiger partial charge in [-0.15, -0.1) is 0 Å². The summed E-state index contributed by atoms with van der Waals surface area (Å²) in [5, 5.41) is 28.4. The molecule has 0 radical (unpaired) electrons. The summed E-state index contributed by atoms with van der Waals surface area (Å²) in [5.41, 5.74) is 6.70. The number of ketones is 1. The molecule has 2 heterocycles. The van der Waals surface area contributed by atoms with Crippen LogP contribution >= 0.6 is 0 Å². The van der Waals surface area contributed by atoms with E-state index in [1.807, 2.05) is 48.5 Å². The van der Waals surface area contributed by atoms with Crippen molar-refractivity contribution in [2.75, 3.05) is 16.0 Å². The molecule has 6 nitrogen and oxygen atoms in total. The first kappa shape index (κ1) is 21.3. The van der Waals surface area contributed by atoms with E-state index in [1.54, 1.807) is 0 Å². The van der Waals surface area contributed by atoms with Gasteiger partial charge in [0.15, 0.2) is 11.4 Å². The first-order valence-corrected chi connectivity index (χ1v) is 12.4. The normalized spacial score (nSPS) is 24.4. The third-order valence-electron chi connectivity index (χ3n) is 7.63. The molecular formula is C30H28N4O2. The van der Waals surface area contributed by atoms with Crippen molar-refractivity contribution in [3.8, 4) is 0 Å². The second-order valence-electron chi connectivity index (χ2n) is 11.3. The number of carbonyl (C=O) groups is 1. The maximum atomic E-state index is 13.6. The number of rotatable bonds is 1. The number of anilines is 3. The summed E-state index contributed by atoms with van der Waals surface area (Å²) in [7, 11) is 0. The quantitative estimate of drug-likeness (QED) is 0.401. The largest absolute Gasteiger partial charge is 0.871 e. The lowest BCUT2D eigenvalue weighted by molar-refractivity contribution is -0.744. The molecule has 0 bridgehead atoms. The Kier molecular flexibility index (Phi) is 4.02. The average Bonchev–Trinajstić information content (AvgIpc) is 2.81. The highest BCUT2D eigenvalue weighted by Crippen LogP contribution is 2.47. The number of carbonyl (C=O) groups excluding carboxylic acids is 1. The van der Waals surface area contributed by atoms with Crippen LogP contribution in [0.5, 0.6) is 0 Å². The van der Waals surface area contributed by atoms with E-state index in [2.05, 4.69) is 61.1 Å². The molecule has 0 aromatic heterocycles. The summed E-state index contributed by atoms with van der Waals surface area (Å²) in [6, 6.07) is 16.1. The van der Waals surface area contributed by atoms with Crippen molar-refractivity contribution in [2.24, 2.45) is 0 Å². The molecule has 3 aromatic rings. The Labute approximate surface area is 209 Å². The van der Waals surface area contributed by atoms with Gasteiger partial charge in [-0.05, 0) is 60.2 Å². The predicted molar refractivity (Wildman–Crippen MR) is 142 cm³/mol. The summed E-state index contributed by atoms with van der Waals surface area (Å²) >= 11 is 0. The van der Waals surface area contributed by atoms with Crippen LogP contribution in [-0.2, 0) is 4.79 Å². The van der Waals surface area contributed by atoms with Crippen molar-refractivity contribution < 1.29 is 15.2 Å². The molecule has 4 aliphatic rings. The Balaban J connectivity index is 1.39. The molecule has 0 saturated carbocycles. The molecule has 2 aliphatic heterocycles. The summed E-state index contributed by atoms with van der Waals surface area (Å²) in [6.07, 6.45) is 4.07. The fourth-order valence-corrected chi connectivity index (χ4v) is 6.27. The number of Topliss-reactive ketones (excluding diaryl/α,β-unsaturated/α-hetero) is 1. The van der Waals surface area contributed by atoms with E-state index in [4.69, 9.17) is 0 Å². The van der Waals surface area contributed by atoms with Gasteiger partial charge in [0.05, 0.1) is 0 Å². The highest BCUT2D eigenvalue weighted by Gasteiger charge is 2.40. The molecule has 0 amide bonds. The minimum absolute atomic E-state index is 0.137. The highest BCUT2D eigenvalue weighted by atomic mass is 16.3. The maximum Gasteiger partial charge on any atom is 0.193 e. The van der Waals surface area contributed by atoms with Crippen molar-refractivity contribution in [1.82, 2.24) is 0 Å². The zero-order valence-electron chi connectivity index (χ0n) is 20.7. The molecule has 36 heavy (non-hydrogen) atoms. The first-order chi connectivity index (χ1) is 17.1. The average molecular weight is 477 g/mol. The minimum atomic E-state index is -0.295. The fraction of sp³-hybridized carbons (Fsp3) is 0.233. The van der Waals surface area contributed by atoms with Gasteiger partial charge in [0.25, 0.3) is 0 Å². The molecule has 6 heteroatoms. The molecule has 0 spiro atoms. The van der Waals surface area contributed by atoms with Gasteiger partial charge in [-0.2, -0.15) is 0 Å². The van der Waals surface area contributed by atoms with E-state index in [0.717, 1.165) is 44.5 Å². The van der Waals surface area contributed by atoms with E-state index in [-0.39, 0.29) is 40.1 Å². The maximum absolute atomic E-state index is 13.6. The van der Waals surface area contributed by atoms with E-state index in [9.17, 15) is 9.90 Å². The standard InChI is InChI=1S/C30H28N4O2/c1-29(2)31-19-9-5-7-15-17(11-13-21(33-29)23(15)19)25-27(35)26(28(25)36)18-12-14-22-24-16(18)8-6-10-20(24)32-30(3,4)34-22/h5-14,21,31-35H,1-4H3/b25-17+. The van der Waals surface area contributed by atoms with Gasteiger partial charge in [-0.1, -0.05) is 42.2 Å². The van der Waals surface area contributed by atoms with Crippen LogP contribution in [0, 0.1) is 0 Å². The zero-order valence-corrected chi connectivity index (χ0v) is 20.7. The molecule has 7 rings (SSSR count). The van der Waals surface area contributed by atoms with Gasteiger partial charge in [0.2, 0.25) is 0 Å². The summed E-state index contributed by atoms with van der Waals surface area (Å²) < 4.78 is 0. The van der Waals surface area contributed by atoms with Crippen LogP contribution in [0.15, 0.2) is 72.0 Å². The molecule has 180 valence electrons. The zero-order chi connectivity index (χ0) is 25.0. The lowest BCUT2D eigenvalue weighted by atomic mass is 9.75.